The number of aromatic amines is 1. The molecule has 0 unspecified atom stereocenters. The topological polar surface area (TPSA) is 119 Å². The van der Waals surface area contributed by atoms with Crippen LogP contribution in [0.25, 0.3) is 21.3 Å². The van der Waals surface area contributed by atoms with E-state index in [1.807, 2.05) is 35.2 Å². The Morgan fingerprint density at radius 1 is 1.07 bits per heavy atom. The minimum absolute atomic E-state index is 0.000149. The lowest BCUT2D eigenvalue weighted by atomic mass is 9.71. The Morgan fingerprint density at radius 3 is 2.44 bits per heavy atom. The number of benzene rings is 1. The smallest absolute Gasteiger partial charge is 0.261 e. The predicted octanol–water partition coefficient (Wildman–Crippen LogP) is 4.95. The molecule has 0 fully saturated rings. The van der Waals surface area contributed by atoms with Gasteiger partial charge >= 0.3 is 0 Å². The summed E-state index contributed by atoms with van der Waals surface area (Å²) in [7, 11) is 0. The van der Waals surface area contributed by atoms with Crippen molar-refractivity contribution in [3.8, 4) is 11.1 Å². The highest BCUT2D eigenvalue weighted by atomic mass is 32.1. The van der Waals surface area contributed by atoms with Crippen molar-refractivity contribution < 1.29 is 15.0 Å². The third-order valence-corrected chi connectivity index (χ3v) is 9.67. The van der Waals surface area contributed by atoms with Crippen LogP contribution < -0.4 is 10.9 Å². The van der Waals surface area contributed by atoms with E-state index in [-0.39, 0.29) is 36.1 Å². The number of rotatable bonds is 11. The van der Waals surface area contributed by atoms with Crippen LogP contribution in [0, 0.1) is 11.3 Å². The summed E-state index contributed by atoms with van der Waals surface area (Å²) in [5, 5.41) is 23.2. The van der Waals surface area contributed by atoms with Gasteiger partial charge in [-0.15, -0.1) is 11.3 Å². The maximum Gasteiger partial charge on any atom is 0.261 e. The van der Waals surface area contributed by atoms with Gasteiger partial charge in [0.1, 0.15) is 4.83 Å². The molecule has 8 nitrogen and oxygen atoms in total. The molecule has 0 bridgehead atoms. The first-order valence-corrected chi connectivity index (χ1v) is 15.9. The second-order valence-electron chi connectivity index (χ2n) is 12.6. The predicted molar refractivity (Wildman–Crippen MR) is 173 cm³/mol. The molecular weight excluding hydrogens is 560 g/mol. The molecule has 0 radical (unpaired) electrons. The van der Waals surface area contributed by atoms with Crippen LogP contribution in [0.1, 0.15) is 66.1 Å². The average Bonchev–Trinajstić information content (AvgIpc) is 3.41. The molecule has 1 aliphatic rings. The molecule has 0 saturated heterocycles. The van der Waals surface area contributed by atoms with Crippen LogP contribution in [0.2, 0.25) is 0 Å². The second kappa shape index (κ2) is 13.5. The Labute approximate surface area is 256 Å². The number of carbonyl (C=O) groups is 1. The molecule has 0 aliphatic heterocycles. The number of H-pyrrole nitrogens is 1. The number of nitrogens with zero attached hydrogens (tertiary/aromatic N) is 2. The van der Waals surface area contributed by atoms with Crippen molar-refractivity contribution >= 4 is 27.5 Å². The van der Waals surface area contributed by atoms with Gasteiger partial charge in [-0.2, -0.15) is 0 Å². The molecular formula is C34H42N4O4S. The molecule has 4 aromatic rings. The Kier molecular flexibility index (Phi) is 9.76. The van der Waals surface area contributed by atoms with Crippen LogP contribution >= 0.6 is 11.3 Å². The summed E-state index contributed by atoms with van der Waals surface area (Å²) in [5.41, 5.74) is 5.38. The molecule has 4 N–H and O–H groups in total. The number of aryl methyl sites for hydroxylation is 1. The van der Waals surface area contributed by atoms with Gasteiger partial charge in [0.05, 0.1) is 24.1 Å². The van der Waals surface area contributed by atoms with Gasteiger partial charge in [-0.25, -0.2) is 4.98 Å². The first kappa shape index (κ1) is 31.1. The lowest BCUT2D eigenvalue weighted by molar-refractivity contribution is 0.0931. The standard InChI is InChI=1S/C34H42N4O4S/c1-34(2,3)27-9-10-28-25(19-27)18-26-20-30(43-33(26)37-28)32(42)36-29(12-13-38(14-16-39)15-17-40)23-6-4-22(5-7-23)24-8-11-31(41)35-21-24/h4-8,11,18,20-21,27,29,39-40H,9-10,12-17,19H2,1-3H3,(H,35,41)(H,36,42)/t27-,29+/m0/s1. The van der Waals surface area contributed by atoms with E-state index in [1.54, 1.807) is 12.3 Å². The van der Waals surface area contributed by atoms with Crippen molar-refractivity contribution in [1.82, 2.24) is 20.2 Å². The molecule has 3 heterocycles. The summed E-state index contributed by atoms with van der Waals surface area (Å²) in [6, 6.07) is 15.2. The van der Waals surface area contributed by atoms with Crippen LogP contribution in [0.15, 0.2) is 59.5 Å². The van der Waals surface area contributed by atoms with E-state index in [2.05, 4.69) is 37.1 Å². The Balaban J connectivity index is 1.37. The number of aliphatic hydroxyl groups is 2. The van der Waals surface area contributed by atoms with Crippen molar-refractivity contribution in [2.75, 3.05) is 32.8 Å². The van der Waals surface area contributed by atoms with E-state index in [4.69, 9.17) is 4.98 Å². The molecule has 0 saturated carbocycles. The van der Waals surface area contributed by atoms with Crippen LogP contribution in [0.5, 0.6) is 0 Å². The second-order valence-corrected chi connectivity index (χ2v) is 13.6. The molecule has 1 aromatic carbocycles. The van der Waals surface area contributed by atoms with Crippen LogP contribution in [-0.2, 0) is 12.8 Å². The van der Waals surface area contributed by atoms with Gasteiger partial charge in [0.25, 0.3) is 5.91 Å². The molecule has 3 aromatic heterocycles. The molecule has 1 aliphatic carbocycles. The third kappa shape index (κ3) is 7.59. The number of aliphatic hydroxyl groups excluding tert-OH is 2. The van der Waals surface area contributed by atoms with E-state index in [1.165, 1.54) is 23.0 Å². The zero-order chi connectivity index (χ0) is 30.6. The lowest BCUT2D eigenvalue weighted by Gasteiger charge is -2.34. The fourth-order valence-electron chi connectivity index (χ4n) is 5.95. The van der Waals surface area contributed by atoms with E-state index in [0.717, 1.165) is 51.9 Å². The normalized spacial score (nSPS) is 15.9. The number of aromatic nitrogens is 2. The maximum atomic E-state index is 13.7. The first-order chi connectivity index (χ1) is 20.6. The maximum absolute atomic E-state index is 13.7. The van der Waals surface area contributed by atoms with Crippen molar-refractivity contribution in [1.29, 1.82) is 0 Å². The summed E-state index contributed by atoms with van der Waals surface area (Å²) in [6.45, 7) is 8.43. The molecule has 0 spiro atoms. The van der Waals surface area contributed by atoms with Gasteiger partial charge in [0.2, 0.25) is 5.56 Å². The molecule has 43 heavy (non-hydrogen) atoms. The van der Waals surface area contributed by atoms with Crippen molar-refractivity contribution in [3.05, 3.63) is 86.8 Å². The Morgan fingerprint density at radius 2 is 1.79 bits per heavy atom. The highest BCUT2D eigenvalue weighted by Gasteiger charge is 2.30. The fourth-order valence-corrected chi connectivity index (χ4v) is 6.89. The number of thiophene rings is 1. The summed E-state index contributed by atoms with van der Waals surface area (Å²) in [5.74, 6) is 0.479. The fraction of sp³-hybridized carbons (Fsp3) is 0.441. The first-order valence-electron chi connectivity index (χ1n) is 15.1. The minimum atomic E-state index is -0.282. The zero-order valence-corrected chi connectivity index (χ0v) is 26.0. The van der Waals surface area contributed by atoms with Gasteiger partial charge in [-0.1, -0.05) is 45.0 Å². The lowest BCUT2D eigenvalue weighted by Crippen LogP contribution is -2.35. The molecule has 228 valence electrons. The Bertz CT molecular complexity index is 1580. The van der Waals surface area contributed by atoms with E-state index >= 15 is 0 Å². The van der Waals surface area contributed by atoms with Crippen molar-refractivity contribution in [2.45, 2.75) is 52.5 Å². The summed E-state index contributed by atoms with van der Waals surface area (Å²) in [6.07, 6.45) is 5.43. The number of nitrogens with one attached hydrogen (secondary N) is 2. The minimum Gasteiger partial charge on any atom is -0.395 e. The van der Waals surface area contributed by atoms with Gasteiger partial charge < -0.3 is 20.5 Å². The highest BCUT2D eigenvalue weighted by molar-refractivity contribution is 7.20. The van der Waals surface area contributed by atoms with Crippen molar-refractivity contribution in [2.24, 2.45) is 11.3 Å². The van der Waals surface area contributed by atoms with Crippen LogP contribution in [0.3, 0.4) is 0 Å². The number of hydrogen-bond donors (Lipinski definition) is 4. The van der Waals surface area contributed by atoms with E-state index in [0.29, 0.717) is 36.9 Å². The largest absolute Gasteiger partial charge is 0.395 e. The van der Waals surface area contributed by atoms with Gasteiger partial charge in [0, 0.05) is 43.0 Å². The number of amides is 1. The number of pyridine rings is 2. The highest BCUT2D eigenvalue weighted by Crippen LogP contribution is 2.38. The number of hydrogen-bond acceptors (Lipinski definition) is 7. The summed E-state index contributed by atoms with van der Waals surface area (Å²) < 4.78 is 0. The Hall–Kier alpha value is -3.37. The van der Waals surface area contributed by atoms with Crippen molar-refractivity contribution in [3.63, 3.8) is 0 Å². The SMILES string of the molecule is CC(C)(C)[C@H]1CCc2nc3sc(C(=O)N[C@H](CCN(CCO)CCO)c4ccc(-c5ccc(=O)[nH]c5)cc4)cc3cc2C1. The van der Waals surface area contributed by atoms with Crippen LogP contribution in [-0.4, -0.2) is 63.8 Å². The summed E-state index contributed by atoms with van der Waals surface area (Å²) >= 11 is 1.43. The van der Waals surface area contributed by atoms with Gasteiger partial charge in [-0.3, -0.25) is 14.5 Å². The number of carbonyl (C=O) groups excluding carboxylic acids is 1. The average molecular weight is 603 g/mol. The quantitative estimate of drug-likeness (QED) is 0.193. The van der Waals surface area contributed by atoms with Gasteiger partial charge in [0.15, 0.2) is 0 Å². The molecule has 9 heteroatoms. The van der Waals surface area contributed by atoms with E-state index in [9.17, 15) is 19.8 Å². The monoisotopic (exact) mass is 602 g/mol. The molecule has 1 amide bonds. The summed E-state index contributed by atoms with van der Waals surface area (Å²) in [4.78, 5) is 36.4. The molecule has 5 rings (SSSR count). The molecule has 2 atom stereocenters. The zero-order valence-electron chi connectivity index (χ0n) is 25.2. The van der Waals surface area contributed by atoms with Crippen LogP contribution in [0.4, 0.5) is 0 Å². The number of fused-ring (bicyclic) bond motifs is 2. The van der Waals surface area contributed by atoms with E-state index < -0.39 is 0 Å². The third-order valence-electron chi connectivity index (χ3n) is 8.62. The van der Waals surface area contributed by atoms with Gasteiger partial charge in [-0.05, 0) is 77.5 Å².